The predicted molar refractivity (Wildman–Crippen MR) is 71.7 cm³/mol. The first-order valence-corrected chi connectivity index (χ1v) is 6.60. The molecule has 1 heterocycles. The van der Waals surface area contributed by atoms with Crippen LogP contribution in [0.15, 0.2) is 24.3 Å². The molecule has 0 radical (unpaired) electrons. The Kier molecular flexibility index (Phi) is 4.24. The van der Waals surface area contributed by atoms with Crippen molar-refractivity contribution >= 4 is 5.91 Å². The van der Waals surface area contributed by atoms with E-state index in [4.69, 9.17) is 4.74 Å². The first-order chi connectivity index (χ1) is 8.70. The smallest absolute Gasteiger partial charge is 0.222 e. The number of para-hydroxylation sites is 1. The van der Waals surface area contributed by atoms with Crippen LogP contribution in [-0.2, 0) is 11.2 Å². The van der Waals surface area contributed by atoms with Gasteiger partial charge in [0.15, 0.2) is 0 Å². The number of methoxy groups -OCH3 is 1. The molecule has 0 aliphatic carbocycles. The number of likely N-dealkylation sites (tertiary alicyclic amines) is 1. The van der Waals surface area contributed by atoms with E-state index in [1.807, 2.05) is 29.2 Å². The Hall–Kier alpha value is -1.51. The maximum atomic E-state index is 12.0. The highest BCUT2D eigenvalue weighted by Gasteiger charge is 2.22. The summed E-state index contributed by atoms with van der Waals surface area (Å²) in [6.45, 7) is 4.05. The fourth-order valence-electron chi connectivity index (χ4n) is 2.47. The van der Waals surface area contributed by atoms with Crippen LogP contribution >= 0.6 is 0 Å². The number of nitrogens with zero attached hydrogens (tertiary/aromatic N) is 1. The number of amides is 1. The maximum Gasteiger partial charge on any atom is 0.222 e. The summed E-state index contributed by atoms with van der Waals surface area (Å²) in [4.78, 5) is 14.0. The highest BCUT2D eigenvalue weighted by molar-refractivity contribution is 5.76. The molecule has 0 bridgehead atoms. The van der Waals surface area contributed by atoms with Crippen LogP contribution in [0, 0.1) is 5.92 Å². The first-order valence-electron chi connectivity index (χ1n) is 6.60. The topological polar surface area (TPSA) is 29.5 Å². The number of benzene rings is 1. The monoisotopic (exact) mass is 247 g/mol. The highest BCUT2D eigenvalue weighted by Crippen LogP contribution is 2.21. The molecule has 98 valence electrons. The zero-order chi connectivity index (χ0) is 13.0. The van der Waals surface area contributed by atoms with Crippen molar-refractivity contribution in [1.29, 1.82) is 0 Å². The fourth-order valence-corrected chi connectivity index (χ4v) is 2.47. The number of ether oxygens (including phenoxy) is 1. The van der Waals surface area contributed by atoms with Crippen molar-refractivity contribution in [1.82, 2.24) is 4.90 Å². The molecular formula is C15H21NO2. The molecular weight excluding hydrogens is 226 g/mol. The molecule has 1 aromatic carbocycles. The molecule has 0 aromatic heterocycles. The van der Waals surface area contributed by atoms with Crippen LogP contribution in [-0.4, -0.2) is 31.0 Å². The van der Waals surface area contributed by atoms with Gasteiger partial charge in [-0.2, -0.15) is 0 Å². The molecule has 0 spiro atoms. The van der Waals surface area contributed by atoms with Crippen molar-refractivity contribution in [2.24, 2.45) is 5.92 Å². The molecule has 1 amide bonds. The number of hydrogen-bond donors (Lipinski definition) is 0. The number of carbonyl (C=O) groups is 1. The highest BCUT2D eigenvalue weighted by atomic mass is 16.5. The van der Waals surface area contributed by atoms with Gasteiger partial charge in [-0.15, -0.1) is 0 Å². The van der Waals surface area contributed by atoms with Crippen LogP contribution < -0.4 is 4.74 Å². The molecule has 1 aliphatic heterocycles. The molecule has 0 saturated carbocycles. The molecule has 3 nitrogen and oxygen atoms in total. The van der Waals surface area contributed by atoms with E-state index in [1.165, 1.54) is 0 Å². The van der Waals surface area contributed by atoms with E-state index in [1.54, 1.807) is 7.11 Å². The van der Waals surface area contributed by atoms with Crippen LogP contribution in [0.2, 0.25) is 0 Å². The van der Waals surface area contributed by atoms with E-state index >= 15 is 0 Å². The van der Waals surface area contributed by atoms with Crippen LogP contribution in [0.3, 0.4) is 0 Å². The number of rotatable bonds is 4. The average molecular weight is 247 g/mol. The van der Waals surface area contributed by atoms with Gasteiger partial charge in [-0.1, -0.05) is 25.1 Å². The van der Waals surface area contributed by atoms with Gasteiger partial charge in [0.05, 0.1) is 7.11 Å². The second-order valence-corrected chi connectivity index (χ2v) is 5.05. The molecule has 1 fully saturated rings. The summed E-state index contributed by atoms with van der Waals surface area (Å²) in [5, 5.41) is 0. The van der Waals surface area contributed by atoms with E-state index < -0.39 is 0 Å². The van der Waals surface area contributed by atoms with Crippen LogP contribution in [0.1, 0.15) is 25.3 Å². The van der Waals surface area contributed by atoms with Crippen LogP contribution in [0.5, 0.6) is 5.75 Å². The number of carbonyl (C=O) groups excluding carboxylic acids is 1. The Morgan fingerprint density at radius 3 is 2.89 bits per heavy atom. The lowest BCUT2D eigenvalue weighted by atomic mass is 10.1. The fraction of sp³-hybridized carbons (Fsp3) is 0.533. The van der Waals surface area contributed by atoms with Gasteiger partial charge >= 0.3 is 0 Å². The van der Waals surface area contributed by atoms with E-state index in [0.717, 1.165) is 37.2 Å². The normalized spacial score (nSPS) is 19.0. The van der Waals surface area contributed by atoms with Crippen molar-refractivity contribution < 1.29 is 9.53 Å². The molecule has 0 N–H and O–H groups in total. The number of aryl methyl sites for hydroxylation is 1. The summed E-state index contributed by atoms with van der Waals surface area (Å²) >= 11 is 0. The van der Waals surface area contributed by atoms with Gasteiger partial charge in [0.2, 0.25) is 5.91 Å². The second-order valence-electron chi connectivity index (χ2n) is 5.05. The van der Waals surface area contributed by atoms with Crippen LogP contribution in [0.25, 0.3) is 0 Å². The minimum Gasteiger partial charge on any atom is -0.496 e. The SMILES string of the molecule is COc1ccccc1CCC(=O)N1CCC(C)C1. The Morgan fingerprint density at radius 2 is 2.22 bits per heavy atom. The van der Waals surface area contributed by atoms with E-state index in [2.05, 4.69) is 6.92 Å². The summed E-state index contributed by atoms with van der Waals surface area (Å²) in [6.07, 6.45) is 2.47. The van der Waals surface area contributed by atoms with Gasteiger partial charge < -0.3 is 9.64 Å². The van der Waals surface area contributed by atoms with Gasteiger partial charge in [-0.25, -0.2) is 0 Å². The second kappa shape index (κ2) is 5.89. The summed E-state index contributed by atoms with van der Waals surface area (Å²) < 4.78 is 5.30. The standard InChI is InChI=1S/C15H21NO2/c1-12-9-10-16(11-12)15(17)8-7-13-5-3-4-6-14(13)18-2/h3-6,12H,7-11H2,1-2H3. The minimum atomic E-state index is 0.269. The van der Waals surface area contributed by atoms with Gasteiger partial charge in [0.25, 0.3) is 0 Å². The van der Waals surface area contributed by atoms with Gasteiger partial charge in [0, 0.05) is 19.5 Å². The Balaban J connectivity index is 1.89. The van der Waals surface area contributed by atoms with Crippen molar-refractivity contribution in [2.75, 3.05) is 20.2 Å². The molecule has 1 aliphatic rings. The van der Waals surface area contributed by atoms with Crippen molar-refractivity contribution in [2.45, 2.75) is 26.2 Å². The molecule has 1 atom stereocenters. The largest absolute Gasteiger partial charge is 0.496 e. The third kappa shape index (κ3) is 3.03. The molecule has 1 saturated heterocycles. The van der Waals surface area contributed by atoms with Gasteiger partial charge in [-0.3, -0.25) is 4.79 Å². The molecule has 1 unspecified atom stereocenters. The Bertz CT molecular complexity index is 417. The van der Waals surface area contributed by atoms with E-state index in [0.29, 0.717) is 12.3 Å². The minimum absolute atomic E-state index is 0.269. The summed E-state index contributed by atoms with van der Waals surface area (Å²) in [7, 11) is 1.67. The Labute approximate surface area is 109 Å². The third-order valence-corrected chi connectivity index (χ3v) is 3.58. The molecule has 3 heteroatoms. The lowest BCUT2D eigenvalue weighted by Gasteiger charge is -2.16. The lowest BCUT2D eigenvalue weighted by molar-refractivity contribution is -0.130. The van der Waals surface area contributed by atoms with Gasteiger partial charge in [-0.05, 0) is 30.4 Å². The van der Waals surface area contributed by atoms with Crippen LogP contribution in [0.4, 0.5) is 0 Å². The average Bonchev–Trinajstić information content (AvgIpc) is 2.83. The third-order valence-electron chi connectivity index (χ3n) is 3.58. The molecule has 18 heavy (non-hydrogen) atoms. The Morgan fingerprint density at radius 1 is 1.44 bits per heavy atom. The van der Waals surface area contributed by atoms with E-state index in [-0.39, 0.29) is 5.91 Å². The quantitative estimate of drug-likeness (QED) is 0.818. The van der Waals surface area contributed by atoms with Gasteiger partial charge in [0.1, 0.15) is 5.75 Å². The van der Waals surface area contributed by atoms with Crippen molar-refractivity contribution in [3.05, 3.63) is 29.8 Å². The lowest BCUT2D eigenvalue weighted by Crippen LogP contribution is -2.28. The summed E-state index contributed by atoms with van der Waals surface area (Å²) in [6, 6.07) is 7.91. The predicted octanol–water partition coefficient (Wildman–Crippen LogP) is 2.50. The summed E-state index contributed by atoms with van der Waals surface area (Å²) in [5.41, 5.74) is 1.11. The zero-order valence-electron chi connectivity index (χ0n) is 11.2. The first kappa shape index (κ1) is 12.9. The molecule has 2 rings (SSSR count). The summed E-state index contributed by atoms with van der Waals surface area (Å²) in [5.74, 6) is 1.80. The van der Waals surface area contributed by atoms with Crippen molar-refractivity contribution in [3.8, 4) is 5.75 Å². The van der Waals surface area contributed by atoms with Crippen molar-refractivity contribution in [3.63, 3.8) is 0 Å². The van der Waals surface area contributed by atoms with E-state index in [9.17, 15) is 4.79 Å². The molecule has 1 aromatic rings. The zero-order valence-corrected chi connectivity index (χ0v) is 11.2. The maximum absolute atomic E-state index is 12.0. The number of hydrogen-bond acceptors (Lipinski definition) is 2.